The second-order valence-electron chi connectivity index (χ2n) is 3.41. The van der Waals surface area contributed by atoms with Crippen molar-refractivity contribution < 1.29 is 19.1 Å². The Labute approximate surface area is 93.7 Å². The van der Waals surface area contributed by atoms with E-state index in [0.29, 0.717) is 6.54 Å². The van der Waals surface area contributed by atoms with E-state index in [1.807, 2.05) is 6.92 Å². The van der Waals surface area contributed by atoms with Crippen LogP contribution in [0.4, 0.5) is 0 Å². The lowest BCUT2D eigenvalue weighted by molar-refractivity contribution is -0.137. The fourth-order valence-electron chi connectivity index (χ4n) is 1.37. The van der Waals surface area contributed by atoms with Crippen LogP contribution < -0.4 is 0 Å². The van der Waals surface area contributed by atoms with Crippen molar-refractivity contribution in [1.82, 2.24) is 4.90 Å². The lowest BCUT2D eigenvalue weighted by Gasteiger charge is -2.19. The smallest absolute Gasteiger partial charge is 0.305 e. The van der Waals surface area contributed by atoms with Gasteiger partial charge >= 0.3 is 5.97 Å². The Balaban J connectivity index is 2.62. The van der Waals surface area contributed by atoms with Crippen molar-refractivity contribution in [2.45, 2.75) is 19.8 Å². The van der Waals surface area contributed by atoms with E-state index in [4.69, 9.17) is 9.52 Å². The van der Waals surface area contributed by atoms with Crippen LogP contribution in [0.1, 0.15) is 30.3 Å². The van der Waals surface area contributed by atoms with E-state index < -0.39 is 5.97 Å². The average molecular weight is 225 g/mol. The zero-order valence-corrected chi connectivity index (χ0v) is 9.18. The maximum Gasteiger partial charge on any atom is 0.305 e. The molecule has 0 spiro atoms. The third-order valence-corrected chi connectivity index (χ3v) is 2.11. The summed E-state index contributed by atoms with van der Waals surface area (Å²) in [6.45, 7) is 2.68. The maximum absolute atomic E-state index is 11.8. The number of carboxylic acids is 1. The van der Waals surface area contributed by atoms with Gasteiger partial charge in [-0.25, -0.2) is 0 Å². The Morgan fingerprint density at radius 1 is 1.44 bits per heavy atom. The molecule has 5 heteroatoms. The molecule has 0 aromatic carbocycles. The Morgan fingerprint density at radius 2 is 2.19 bits per heavy atom. The topological polar surface area (TPSA) is 70.8 Å². The summed E-state index contributed by atoms with van der Waals surface area (Å²) in [6, 6.07) is 3.21. The number of amides is 1. The lowest BCUT2D eigenvalue weighted by Crippen LogP contribution is -2.33. The fourth-order valence-corrected chi connectivity index (χ4v) is 1.37. The third-order valence-electron chi connectivity index (χ3n) is 2.11. The molecule has 0 saturated heterocycles. The van der Waals surface area contributed by atoms with Crippen LogP contribution in [0.5, 0.6) is 0 Å². The molecule has 0 aliphatic carbocycles. The van der Waals surface area contributed by atoms with Gasteiger partial charge < -0.3 is 14.4 Å². The number of rotatable bonds is 6. The Bertz CT molecular complexity index is 345. The first kappa shape index (κ1) is 12.3. The third kappa shape index (κ3) is 3.42. The molecule has 5 nitrogen and oxygen atoms in total. The Kier molecular flexibility index (Phi) is 4.57. The largest absolute Gasteiger partial charge is 0.481 e. The van der Waals surface area contributed by atoms with Gasteiger partial charge in [-0.15, -0.1) is 0 Å². The van der Waals surface area contributed by atoms with E-state index in [9.17, 15) is 9.59 Å². The Hall–Kier alpha value is -1.78. The molecule has 0 atom stereocenters. The molecule has 0 radical (unpaired) electrons. The first-order valence-corrected chi connectivity index (χ1v) is 5.19. The van der Waals surface area contributed by atoms with Gasteiger partial charge in [0.1, 0.15) is 0 Å². The van der Waals surface area contributed by atoms with Gasteiger partial charge in [0.25, 0.3) is 5.91 Å². The molecule has 0 fully saturated rings. The van der Waals surface area contributed by atoms with Crippen LogP contribution in [0, 0.1) is 0 Å². The lowest BCUT2D eigenvalue weighted by atomic mass is 10.3. The van der Waals surface area contributed by atoms with E-state index in [0.717, 1.165) is 6.42 Å². The van der Waals surface area contributed by atoms with E-state index in [1.54, 1.807) is 12.1 Å². The highest BCUT2D eigenvalue weighted by atomic mass is 16.4. The van der Waals surface area contributed by atoms with Crippen molar-refractivity contribution in [2.75, 3.05) is 13.1 Å². The maximum atomic E-state index is 11.8. The van der Waals surface area contributed by atoms with Gasteiger partial charge in [-0.1, -0.05) is 6.92 Å². The normalized spacial score (nSPS) is 10.1. The SMILES string of the molecule is CCCN(CCC(=O)O)C(=O)c1ccco1. The van der Waals surface area contributed by atoms with E-state index in [1.165, 1.54) is 11.2 Å². The molecule has 16 heavy (non-hydrogen) atoms. The van der Waals surface area contributed by atoms with Crippen molar-refractivity contribution >= 4 is 11.9 Å². The highest BCUT2D eigenvalue weighted by Gasteiger charge is 2.17. The molecule has 1 amide bonds. The van der Waals surface area contributed by atoms with Gasteiger partial charge in [0, 0.05) is 13.1 Å². The van der Waals surface area contributed by atoms with Crippen LogP contribution in [-0.2, 0) is 4.79 Å². The van der Waals surface area contributed by atoms with Crippen molar-refractivity contribution in [3.8, 4) is 0 Å². The molecule has 1 N–H and O–H groups in total. The van der Waals surface area contributed by atoms with Crippen LogP contribution in [0.15, 0.2) is 22.8 Å². The summed E-state index contributed by atoms with van der Waals surface area (Å²) in [4.78, 5) is 23.8. The van der Waals surface area contributed by atoms with Crippen molar-refractivity contribution in [3.05, 3.63) is 24.2 Å². The summed E-state index contributed by atoms with van der Waals surface area (Å²) in [5.74, 6) is -0.916. The van der Waals surface area contributed by atoms with Crippen molar-refractivity contribution in [3.63, 3.8) is 0 Å². The quantitative estimate of drug-likeness (QED) is 0.798. The molecule has 0 saturated carbocycles. The molecule has 0 aliphatic heterocycles. The summed E-state index contributed by atoms with van der Waals surface area (Å²) >= 11 is 0. The second kappa shape index (κ2) is 5.95. The molecule has 0 unspecified atom stereocenters. The van der Waals surface area contributed by atoms with Crippen LogP contribution in [0.25, 0.3) is 0 Å². The standard InChI is InChI=1S/C11H15NO4/c1-2-6-12(7-5-10(13)14)11(15)9-4-3-8-16-9/h3-4,8H,2,5-7H2,1H3,(H,13,14). The van der Waals surface area contributed by atoms with Crippen LogP contribution in [0.2, 0.25) is 0 Å². The highest BCUT2D eigenvalue weighted by Crippen LogP contribution is 2.07. The molecule has 0 aliphatic rings. The highest BCUT2D eigenvalue weighted by molar-refractivity contribution is 5.91. The minimum Gasteiger partial charge on any atom is -0.481 e. The first-order valence-electron chi connectivity index (χ1n) is 5.19. The summed E-state index contributed by atoms with van der Waals surface area (Å²) < 4.78 is 4.99. The van der Waals surface area contributed by atoms with Gasteiger partial charge in [0.05, 0.1) is 12.7 Å². The minimum atomic E-state index is -0.909. The van der Waals surface area contributed by atoms with Gasteiger partial charge in [-0.2, -0.15) is 0 Å². The second-order valence-corrected chi connectivity index (χ2v) is 3.41. The number of hydrogen-bond acceptors (Lipinski definition) is 3. The number of furan rings is 1. The van der Waals surface area contributed by atoms with Crippen LogP contribution in [-0.4, -0.2) is 35.0 Å². The molecular weight excluding hydrogens is 210 g/mol. The summed E-state index contributed by atoms with van der Waals surface area (Å²) in [5.41, 5.74) is 0. The van der Waals surface area contributed by atoms with E-state index >= 15 is 0 Å². The van der Waals surface area contributed by atoms with Crippen molar-refractivity contribution in [2.24, 2.45) is 0 Å². The molecular formula is C11H15NO4. The number of hydrogen-bond donors (Lipinski definition) is 1. The predicted octanol–water partition coefficient (Wildman–Crippen LogP) is 1.61. The van der Waals surface area contributed by atoms with Gasteiger partial charge in [0.2, 0.25) is 0 Å². The van der Waals surface area contributed by atoms with E-state index in [-0.39, 0.29) is 24.6 Å². The zero-order valence-electron chi connectivity index (χ0n) is 9.18. The summed E-state index contributed by atoms with van der Waals surface area (Å²) in [7, 11) is 0. The predicted molar refractivity (Wildman–Crippen MR) is 57.2 cm³/mol. The zero-order chi connectivity index (χ0) is 12.0. The number of carbonyl (C=O) groups is 2. The van der Waals surface area contributed by atoms with Gasteiger partial charge in [-0.3, -0.25) is 9.59 Å². The van der Waals surface area contributed by atoms with Gasteiger partial charge in [0.15, 0.2) is 5.76 Å². The fraction of sp³-hybridized carbons (Fsp3) is 0.455. The number of nitrogens with zero attached hydrogens (tertiary/aromatic N) is 1. The molecule has 1 rings (SSSR count). The number of carbonyl (C=O) groups excluding carboxylic acids is 1. The van der Waals surface area contributed by atoms with Gasteiger partial charge in [-0.05, 0) is 18.6 Å². The number of aliphatic carboxylic acids is 1. The minimum absolute atomic E-state index is 0.0492. The monoisotopic (exact) mass is 225 g/mol. The Morgan fingerprint density at radius 3 is 2.69 bits per heavy atom. The molecule has 1 aromatic rings. The molecule has 88 valence electrons. The summed E-state index contributed by atoms with van der Waals surface area (Å²) in [5, 5.41) is 8.58. The molecule has 1 heterocycles. The number of carboxylic acid groups (broad SMARTS) is 1. The van der Waals surface area contributed by atoms with Crippen LogP contribution in [0.3, 0.4) is 0 Å². The first-order chi connectivity index (χ1) is 7.65. The average Bonchev–Trinajstić information content (AvgIpc) is 2.76. The molecule has 1 aromatic heterocycles. The van der Waals surface area contributed by atoms with E-state index in [2.05, 4.69) is 0 Å². The summed E-state index contributed by atoms with van der Waals surface area (Å²) in [6.07, 6.45) is 2.16. The van der Waals surface area contributed by atoms with Crippen molar-refractivity contribution in [1.29, 1.82) is 0 Å². The van der Waals surface area contributed by atoms with Crippen LogP contribution >= 0.6 is 0 Å². The molecule has 0 bridgehead atoms.